The van der Waals surface area contributed by atoms with E-state index in [0.717, 1.165) is 41.1 Å². The lowest BCUT2D eigenvalue weighted by Crippen LogP contribution is -2.45. The summed E-state index contributed by atoms with van der Waals surface area (Å²) in [5, 5.41) is 5.26. The largest absolute Gasteiger partial charge is 0.372 e. The smallest absolute Gasteiger partial charge is 0.285 e. The van der Waals surface area contributed by atoms with Crippen LogP contribution in [0.15, 0.2) is 71.6 Å². The lowest BCUT2D eigenvalue weighted by Gasteiger charge is -2.20. The SMILES string of the molecule is CCN(CC)c1ccc(/C=C2\SC(=S)N(NC(=O)Cc3ccccc3Nc3c(Cl)cccc3Cl)C2=O)cc1. The summed E-state index contributed by atoms with van der Waals surface area (Å²) in [7, 11) is 0. The van der Waals surface area contributed by atoms with Crippen molar-refractivity contribution in [3.05, 3.63) is 92.8 Å². The Bertz CT molecular complexity index is 1370. The average Bonchev–Trinajstić information content (AvgIpc) is 3.16. The molecule has 6 nitrogen and oxygen atoms in total. The zero-order chi connectivity index (χ0) is 27.2. The molecular formula is C28H26Cl2N4O2S2. The molecule has 2 N–H and O–H groups in total. The van der Waals surface area contributed by atoms with Gasteiger partial charge in [0.1, 0.15) is 0 Å². The molecule has 1 aliphatic rings. The maximum absolute atomic E-state index is 13.0. The highest BCUT2D eigenvalue weighted by atomic mass is 35.5. The molecule has 0 aromatic heterocycles. The van der Waals surface area contributed by atoms with Crippen LogP contribution in [0.5, 0.6) is 0 Å². The summed E-state index contributed by atoms with van der Waals surface area (Å²) in [5.74, 6) is -0.749. The molecule has 1 saturated heterocycles. The normalized spacial score (nSPS) is 14.2. The summed E-state index contributed by atoms with van der Waals surface area (Å²) < 4.78 is 0.267. The number of hydrazine groups is 1. The fourth-order valence-electron chi connectivity index (χ4n) is 3.97. The number of thioether (sulfide) groups is 1. The zero-order valence-electron chi connectivity index (χ0n) is 20.8. The van der Waals surface area contributed by atoms with Gasteiger partial charge in [0.05, 0.1) is 27.1 Å². The summed E-state index contributed by atoms with van der Waals surface area (Å²) in [5.41, 5.74) is 6.59. The van der Waals surface area contributed by atoms with E-state index in [1.54, 1.807) is 24.3 Å². The number of hydrogen-bond acceptors (Lipinski definition) is 6. The standard InChI is InChI=1S/C28H26Cl2N4O2S2/c1-3-33(4-2)20-14-12-18(13-15-20)16-24-27(36)34(28(37)38-24)32-25(35)17-19-8-5-6-11-23(19)31-26-21(29)9-7-10-22(26)30/h5-16,31H,3-4,17H2,1-2H3,(H,32,35)/b24-16-. The van der Waals surface area contributed by atoms with E-state index in [4.69, 9.17) is 35.4 Å². The Kier molecular flexibility index (Phi) is 9.33. The van der Waals surface area contributed by atoms with Crippen LogP contribution in [0.25, 0.3) is 6.08 Å². The van der Waals surface area contributed by atoms with Crippen molar-refractivity contribution in [3.8, 4) is 0 Å². The molecule has 1 aliphatic heterocycles. The lowest BCUT2D eigenvalue weighted by atomic mass is 10.1. The minimum atomic E-state index is -0.384. The number of anilines is 3. The highest BCUT2D eigenvalue weighted by Gasteiger charge is 2.33. The minimum Gasteiger partial charge on any atom is -0.372 e. The van der Waals surface area contributed by atoms with Crippen LogP contribution in [-0.4, -0.2) is 34.2 Å². The first-order valence-corrected chi connectivity index (χ1v) is 14.0. The molecule has 0 aliphatic carbocycles. The van der Waals surface area contributed by atoms with Crippen LogP contribution in [-0.2, 0) is 16.0 Å². The Morgan fingerprint density at radius 1 is 1.00 bits per heavy atom. The van der Waals surface area contributed by atoms with Gasteiger partial charge in [0, 0.05) is 24.5 Å². The number of nitrogens with zero attached hydrogens (tertiary/aromatic N) is 2. The number of rotatable bonds is 9. The first-order chi connectivity index (χ1) is 18.3. The highest BCUT2D eigenvalue weighted by molar-refractivity contribution is 8.26. The number of benzene rings is 3. The molecule has 0 atom stereocenters. The molecule has 1 fully saturated rings. The summed E-state index contributed by atoms with van der Waals surface area (Å²) in [4.78, 5) is 28.7. The molecule has 3 aromatic carbocycles. The summed E-state index contributed by atoms with van der Waals surface area (Å²) in [6.45, 7) is 6.06. The Hall–Kier alpha value is -3.04. The van der Waals surface area contributed by atoms with Crippen LogP contribution < -0.4 is 15.6 Å². The lowest BCUT2D eigenvalue weighted by molar-refractivity contribution is -0.132. The first-order valence-electron chi connectivity index (χ1n) is 12.0. The Morgan fingerprint density at radius 3 is 2.32 bits per heavy atom. The number of hydrogen-bond donors (Lipinski definition) is 2. The van der Waals surface area contributed by atoms with E-state index >= 15 is 0 Å². The number of halogens is 2. The number of para-hydroxylation sites is 2. The van der Waals surface area contributed by atoms with E-state index in [0.29, 0.717) is 31.9 Å². The van der Waals surface area contributed by atoms with Crippen molar-refractivity contribution in [2.45, 2.75) is 20.3 Å². The van der Waals surface area contributed by atoms with Gasteiger partial charge in [0.15, 0.2) is 4.32 Å². The number of carbonyl (C=O) groups excluding carboxylic acids is 2. The van der Waals surface area contributed by atoms with Crippen LogP contribution >= 0.6 is 47.2 Å². The molecule has 196 valence electrons. The molecule has 10 heteroatoms. The topological polar surface area (TPSA) is 64.7 Å². The third-order valence-corrected chi connectivity index (χ3v) is 7.87. The second kappa shape index (κ2) is 12.7. The molecule has 0 saturated carbocycles. The second-order valence-electron chi connectivity index (χ2n) is 8.37. The van der Waals surface area contributed by atoms with E-state index in [-0.39, 0.29) is 22.6 Å². The molecular weight excluding hydrogens is 559 g/mol. The van der Waals surface area contributed by atoms with E-state index in [1.807, 2.05) is 48.5 Å². The van der Waals surface area contributed by atoms with Crippen molar-refractivity contribution in [2.75, 3.05) is 23.3 Å². The van der Waals surface area contributed by atoms with Crippen LogP contribution in [0.3, 0.4) is 0 Å². The number of nitrogens with one attached hydrogen (secondary N) is 2. The Morgan fingerprint density at radius 2 is 1.66 bits per heavy atom. The molecule has 4 rings (SSSR count). The number of thiocarbonyl (C=S) groups is 1. The maximum Gasteiger partial charge on any atom is 0.285 e. The number of amides is 2. The predicted molar refractivity (Wildman–Crippen MR) is 163 cm³/mol. The average molecular weight is 586 g/mol. The molecule has 1 heterocycles. The predicted octanol–water partition coefficient (Wildman–Crippen LogP) is 7.06. The molecule has 38 heavy (non-hydrogen) atoms. The van der Waals surface area contributed by atoms with Crippen molar-refractivity contribution in [3.63, 3.8) is 0 Å². The van der Waals surface area contributed by atoms with Crippen molar-refractivity contribution in [1.29, 1.82) is 0 Å². The van der Waals surface area contributed by atoms with Gasteiger partial charge in [-0.05, 0) is 73.6 Å². The van der Waals surface area contributed by atoms with Gasteiger partial charge in [-0.25, -0.2) is 0 Å². The Balaban J connectivity index is 1.44. The minimum absolute atomic E-state index is 0.00811. The van der Waals surface area contributed by atoms with Crippen molar-refractivity contribution >= 4 is 86.5 Å². The molecule has 3 aromatic rings. The number of carbonyl (C=O) groups is 2. The van der Waals surface area contributed by atoms with Gasteiger partial charge >= 0.3 is 0 Å². The van der Waals surface area contributed by atoms with Gasteiger partial charge in [-0.3, -0.25) is 15.0 Å². The fourth-order valence-corrected chi connectivity index (χ4v) is 5.64. The highest BCUT2D eigenvalue weighted by Crippen LogP contribution is 2.34. The second-order valence-corrected chi connectivity index (χ2v) is 10.9. The van der Waals surface area contributed by atoms with E-state index in [9.17, 15) is 9.59 Å². The summed E-state index contributed by atoms with van der Waals surface area (Å²) in [6, 6.07) is 20.5. The van der Waals surface area contributed by atoms with Crippen molar-refractivity contribution < 1.29 is 9.59 Å². The third-order valence-electron chi connectivity index (χ3n) is 5.94. The van der Waals surface area contributed by atoms with Gasteiger partial charge in [-0.2, -0.15) is 5.01 Å². The van der Waals surface area contributed by atoms with Crippen molar-refractivity contribution in [2.24, 2.45) is 0 Å². The summed E-state index contributed by atoms with van der Waals surface area (Å²) >= 11 is 19.1. The van der Waals surface area contributed by atoms with Crippen LogP contribution in [0.4, 0.5) is 17.1 Å². The molecule has 0 unspecified atom stereocenters. The van der Waals surface area contributed by atoms with Gasteiger partial charge < -0.3 is 10.2 Å². The van der Waals surface area contributed by atoms with Gasteiger partial charge in [0.2, 0.25) is 5.91 Å². The monoisotopic (exact) mass is 584 g/mol. The van der Waals surface area contributed by atoms with Gasteiger partial charge in [-0.1, -0.05) is 71.4 Å². The Labute approximate surface area is 242 Å². The van der Waals surface area contributed by atoms with E-state index in [1.165, 1.54) is 0 Å². The van der Waals surface area contributed by atoms with Crippen LogP contribution in [0.2, 0.25) is 10.0 Å². The van der Waals surface area contributed by atoms with Gasteiger partial charge in [0.25, 0.3) is 5.91 Å². The van der Waals surface area contributed by atoms with Crippen molar-refractivity contribution in [1.82, 2.24) is 10.4 Å². The first kappa shape index (κ1) is 28.0. The molecule has 0 spiro atoms. The summed E-state index contributed by atoms with van der Waals surface area (Å²) in [6.07, 6.45) is 1.79. The van der Waals surface area contributed by atoms with Crippen LogP contribution in [0, 0.1) is 0 Å². The zero-order valence-corrected chi connectivity index (χ0v) is 24.0. The molecule has 0 radical (unpaired) electrons. The van der Waals surface area contributed by atoms with E-state index in [2.05, 4.69) is 29.5 Å². The third kappa shape index (κ3) is 6.50. The fraction of sp³-hybridized carbons (Fsp3) is 0.179. The van der Waals surface area contributed by atoms with E-state index < -0.39 is 0 Å². The molecule has 2 amide bonds. The van der Waals surface area contributed by atoms with Gasteiger partial charge in [-0.15, -0.1) is 0 Å². The quantitative estimate of drug-likeness (QED) is 0.207. The van der Waals surface area contributed by atoms with Crippen LogP contribution in [0.1, 0.15) is 25.0 Å². The maximum atomic E-state index is 13.0. The molecule has 0 bridgehead atoms.